The minimum absolute atomic E-state index is 0.00852. The topological polar surface area (TPSA) is 54.4 Å². The Kier molecular flexibility index (Phi) is 3.42. The summed E-state index contributed by atoms with van der Waals surface area (Å²) in [5.41, 5.74) is 2.36. The van der Waals surface area contributed by atoms with Crippen molar-refractivity contribution in [2.24, 2.45) is 17.8 Å². The summed E-state index contributed by atoms with van der Waals surface area (Å²) in [5, 5.41) is 9.07. The number of allylic oxidation sites excluding steroid dienone is 2. The number of carbonyl (C=O) groups excluding carboxylic acids is 1. The van der Waals surface area contributed by atoms with Crippen LogP contribution in [0, 0.1) is 17.8 Å². The van der Waals surface area contributed by atoms with Crippen LogP contribution in [0.1, 0.15) is 39.5 Å². The molecule has 0 aromatic carbocycles. The first-order valence-corrected chi connectivity index (χ1v) is 6.56. The van der Waals surface area contributed by atoms with Gasteiger partial charge in [-0.2, -0.15) is 0 Å². The molecule has 0 saturated heterocycles. The predicted molar refractivity (Wildman–Crippen MR) is 69.1 cm³/mol. The Hall–Kier alpha value is -1.38. The highest BCUT2D eigenvalue weighted by Crippen LogP contribution is 2.45. The normalized spacial score (nSPS) is 32.1. The lowest BCUT2D eigenvalue weighted by molar-refractivity contribution is -0.133. The molecule has 1 saturated carbocycles. The second-order valence-electron chi connectivity index (χ2n) is 5.67. The van der Waals surface area contributed by atoms with Crippen molar-refractivity contribution in [2.75, 3.05) is 0 Å². The zero-order valence-electron chi connectivity index (χ0n) is 11.0. The van der Waals surface area contributed by atoms with Gasteiger partial charge >= 0.3 is 5.97 Å². The van der Waals surface area contributed by atoms with E-state index in [-0.39, 0.29) is 11.7 Å². The Balaban J connectivity index is 2.29. The summed E-state index contributed by atoms with van der Waals surface area (Å²) >= 11 is 0. The van der Waals surface area contributed by atoms with Crippen LogP contribution >= 0.6 is 0 Å². The average Bonchev–Trinajstić information content (AvgIpc) is 2.50. The Morgan fingerprint density at radius 2 is 2.00 bits per heavy atom. The van der Waals surface area contributed by atoms with E-state index in [0.29, 0.717) is 30.3 Å². The number of hydrogen-bond donors (Lipinski definition) is 1. The minimum atomic E-state index is -0.909. The van der Waals surface area contributed by atoms with Crippen molar-refractivity contribution in [1.82, 2.24) is 0 Å². The molecule has 18 heavy (non-hydrogen) atoms. The molecule has 3 heteroatoms. The molecule has 98 valence electrons. The zero-order valence-corrected chi connectivity index (χ0v) is 11.0. The Morgan fingerprint density at radius 1 is 1.33 bits per heavy atom. The van der Waals surface area contributed by atoms with Gasteiger partial charge in [0.15, 0.2) is 5.78 Å². The van der Waals surface area contributed by atoms with Gasteiger partial charge < -0.3 is 5.11 Å². The van der Waals surface area contributed by atoms with Crippen LogP contribution in [0.3, 0.4) is 0 Å². The maximum absolute atomic E-state index is 11.8. The third-order valence-corrected chi connectivity index (χ3v) is 4.64. The maximum Gasteiger partial charge on any atom is 0.331 e. The number of ketones is 1. The van der Waals surface area contributed by atoms with E-state index in [0.717, 1.165) is 18.4 Å². The summed E-state index contributed by atoms with van der Waals surface area (Å²) in [7, 11) is 0. The van der Waals surface area contributed by atoms with Crippen molar-refractivity contribution in [1.29, 1.82) is 0 Å². The number of aliphatic carboxylic acids is 1. The quantitative estimate of drug-likeness (QED) is 0.764. The molecule has 3 atom stereocenters. The second kappa shape index (κ2) is 4.71. The highest BCUT2D eigenvalue weighted by Gasteiger charge is 2.37. The van der Waals surface area contributed by atoms with E-state index in [1.54, 1.807) is 0 Å². The van der Waals surface area contributed by atoms with Gasteiger partial charge in [0.05, 0.1) is 0 Å². The minimum Gasteiger partial charge on any atom is -0.478 e. The average molecular weight is 248 g/mol. The van der Waals surface area contributed by atoms with E-state index < -0.39 is 5.97 Å². The molecule has 2 unspecified atom stereocenters. The van der Waals surface area contributed by atoms with Crippen LogP contribution in [0.15, 0.2) is 23.3 Å². The molecular weight excluding hydrogens is 228 g/mol. The first-order valence-electron chi connectivity index (χ1n) is 6.56. The number of carboxylic acid groups (broad SMARTS) is 1. The number of carbonyl (C=O) groups is 2. The predicted octanol–water partition coefficient (Wildman–Crippen LogP) is 2.97. The van der Waals surface area contributed by atoms with Crippen LogP contribution in [0.25, 0.3) is 0 Å². The van der Waals surface area contributed by atoms with Gasteiger partial charge in [0.25, 0.3) is 0 Å². The van der Waals surface area contributed by atoms with Crippen molar-refractivity contribution < 1.29 is 14.7 Å². The lowest BCUT2D eigenvalue weighted by atomic mass is 9.86. The molecule has 0 aliphatic heterocycles. The number of fused-ring (bicyclic) bond motifs is 1. The summed E-state index contributed by atoms with van der Waals surface area (Å²) < 4.78 is 0. The molecule has 1 N–H and O–H groups in total. The molecule has 0 spiro atoms. The van der Waals surface area contributed by atoms with Gasteiger partial charge in [-0.15, -0.1) is 0 Å². The van der Waals surface area contributed by atoms with Gasteiger partial charge in [-0.1, -0.05) is 19.1 Å². The zero-order chi connectivity index (χ0) is 13.4. The van der Waals surface area contributed by atoms with Gasteiger partial charge in [0.1, 0.15) is 0 Å². The number of hydrogen-bond acceptors (Lipinski definition) is 2. The molecule has 2 rings (SSSR count). The highest BCUT2D eigenvalue weighted by atomic mass is 16.4. The van der Waals surface area contributed by atoms with Gasteiger partial charge in [0, 0.05) is 12.0 Å². The third kappa shape index (κ3) is 2.14. The van der Waals surface area contributed by atoms with Crippen LogP contribution in [0.4, 0.5) is 0 Å². The van der Waals surface area contributed by atoms with Crippen molar-refractivity contribution in [3.8, 4) is 0 Å². The van der Waals surface area contributed by atoms with Crippen LogP contribution < -0.4 is 0 Å². The van der Waals surface area contributed by atoms with Crippen molar-refractivity contribution in [2.45, 2.75) is 39.5 Å². The monoisotopic (exact) mass is 248 g/mol. The summed E-state index contributed by atoms with van der Waals surface area (Å²) in [5.74, 6) is 0.125. The van der Waals surface area contributed by atoms with Crippen molar-refractivity contribution >= 4 is 11.8 Å². The Bertz CT molecular complexity index is 445. The molecule has 0 amide bonds. The van der Waals surface area contributed by atoms with Crippen LogP contribution in [-0.4, -0.2) is 16.9 Å². The maximum atomic E-state index is 11.8. The smallest absolute Gasteiger partial charge is 0.331 e. The molecule has 0 aromatic heterocycles. The van der Waals surface area contributed by atoms with E-state index in [9.17, 15) is 9.59 Å². The van der Waals surface area contributed by atoms with Crippen molar-refractivity contribution in [3.05, 3.63) is 23.3 Å². The molecular formula is C15H20O3. The molecule has 0 radical (unpaired) electrons. The van der Waals surface area contributed by atoms with E-state index in [2.05, 4.69) is 13.5 Å². The number of Topliss-reactive ketones (excluding diaryl/α,β-unsaturated/α-hetero) is 1. The van der Waals surface area contributed by atoms with E-state index in [4.69, 9.17) is 5.11 Å². The molecule has 1 fully saturated rings. The van der Waals surface area contributed by atoms with Crippen LogP contribution in [0.2, 0.25) is 0 Å². The summed E-state index contributed by atoms with van der Waals surface area (Å²) in [6.07, 6.45) is 3.17. The SMILES string of the molecule is C=C(C(=O)O)C1CC[C@H](C)C2CC(=O)C(C)=C2C1. The van der Waals surface area contributed by atoms with Gasteiger partial charge in [-0.25, -0.2) is 4.79 Å². The standard InChI is InChI=1S/C15H20O3/c1-8-4-5-11(9(2)15(17)18)6-13-10(3)14(16)7-12(8)13/h8,11-12H,2,4-7H2,1,3H3,(H,17,18)/t8-,11?,12?/m0/s1. The summed E-state index contributed by atoms with van der Waals surface area (Å²) in [6, 6.07) is 0. The fourth-order valence-corrected chi connectivity index (χ4v) is 3.29. The molecule has 0 bridgehead atoms. The lowest BCUT2D eigenvalue weighted by Crippen LogP contribution is -2.12. The van der Waals surface area contributed by atoms with Gasteiger partial charge in [-0.3, -0.25) is 4.79 Å². The van der Waals surface area contributed by atoms with Crippen molar-refractivity contribution in [3.63, 3.8) is 0 Å². The summed E-state index contributed by atoms with van der Waals surface area (Å²) in [4.78, 5) is 22.9. The fraction of sp³-hybridized carbons (Fsp3) is 0.600. The first-order chi connectivity index (χ1) is 8.41. The van der Waals surface area contributed by atoms with E-state index in [1.807, 2.05) is 6.92 Å². The summed E-state index contributed by atoms with van der Waals surface area (Å²) in [6.45, 7) is 7.75. The largest absolute Gasteiger partial charge is 0.478 e. The highest BCUT2D eigenvalue weighted by molar-refractivity contribution is 5.98. The molecule has 0 aromatic rings. The number of carboxylic acids is 1. The van der Waals surface area contributed by atoms with E-state index >= 15 is 0 Å². The molecule has 0 heterocycles. The fourth-order valence-electron chi connectivity index (χ4n) is 3.29. The number of rotatable bonds is 2. The lowest BCUT2D eigenvalue weighted by Gasteiger charge is -2.18. The first kappa shape index (κ1) is 13.1. The van der Waals surface area contributed by atoms with Crippen LogP contribution in [-0.2, 0) is 9.59 Å². The van der Waals surface area contributed by atoms with E-state index in [1.165, 1.54) is 5.57 Å². The third-order valence-electron chi connectivity index (χ3n) is 4.64. The second-order valence-corrected chi connectivity index (χ2v) is 5.67. The molecule has 3 nitrogen and oxygen atoms in total. The van der Waals surface area contributed by atoms with Crippen LogP contribution in [0.5, 0.6) is 0 Å². The Labute approximate surface area is 108 Å². The molecule has 2 aliphatic rings. The molecule has 2 aliphatic carbocycles. The Morgan fingerprint density at radius 3 is 2.61 bits per heavy atom. The van der Waals surface area contributed by atoms with Gasteiger partial charge in [0.2, 0.25) is 0 Å². The van der Waals surface area contributed by atoms with Gasteiger partial charge in [-0.05, 0) is 49.5 Å².